The molecule has 1 unspecified atom stereocenters. The van der Waals surface area contributed by atoms with Gasteiger partial charge in [0.25, 0.3) is 0 Å². The van der Waals surface area contributed by atoms with Crippen molar-refractivity contribution in [3.8, 4) is 0 Å². The van der Waals surface area contributed by atoms with E-state index in [0.717, 1.165) is 29.3 Å². The molecule has 6 heteroatoms. The first kappa shape index (κ1) is 15.0. The topological polar surface area (TPSA) is 68.1 Å². The van der Waals surface area contributed by atoms with Crippen LogP contribution in [0, 0.1) is 0 Å². The predicted molar refractivity (Wildman–Crippen MR) is 77.6 cm³/mol. The molecule has 1 atom stereocenters. The molecule has 1 aliphatic rings. The van der Waals surface area contributed by atoms with E-state index >= 15 is 0 Å². The van der Waals surface area contributed by atoms with Gasteiger partial charge in [-0.2, -0.15) is 0 Å². The standard InChI is InChI=1S/C14H16BrNO4/c15-11-5-3-4-10(8-11)9-12(14(17)18)16-20-13-6-1-2-7-19-13/h3-5,8,13H,1-2,6-7,9H2,(H,17,18)/b16-12+. The SMILES string of the molecule is O=C(O)/C(Cc1cccc(Br)c1)=N/OC1CCCCO1. The molecular weight excluding hydrogens is 326 g/mol. The summed E-state index contributed by atoms with van der Waals surface area (Å²) < 4.78 is 6.25. The number of carbonyl (C=O) groups is 1. The Balaban J connectivity index is 2.00. The van der Waals surface area contributed by atoms with Gasteiger partial charge in [0.1, 0.15) is 0 Å². The highest BCUT2D eigenvalue weighted by Gasteiger charge is 2.17. The smallest absolute Gasteiger partial charge is 0.354 e. The molecule has 1 saturated heterocycles. The minimum absolute atomic E-state index is 0.0303. The van der Waals surface area contributed by atoms with E-state index in [1.807, 2.05) is 24.3 Å². The maximum Gasteiger partial charge on any atom is 0.354 e. The Morgan fingerprint density at radius 3 is 3.00 bits per heavy atom. The van der Waals surface area contributed by atoms with Crippen LogP contribution in [0.5, 0.6) is 0 Å². The molecule has 108 valence electrons. The van der Waals surface area contributed by atoms with Crippen LogP contribution in [0.4, 0.5) is 0 Å². The second kappa shape index (κ2) is 7.40. The fraction of sp³-hybridized carbons (Fsp3) is 0.429. The largest absolute Gasteiger partial charge is 0.477 e. The van der Waals surface area contributed by atoms with Crippen molar-refractivity contribution in [1.82, 2.24) is 0 Å². The lowest BCUT2D eigenvalue weighted by atomic mass is 10.1. The summed E-state index contributed by atoms with van der Waals surface area (Å²) in [4.78, 5) is 16.4. The Morgan fingerprint density at radius 2 is 2.35 bits per heavy atom. The number of hydrogen-bond acceptors (Lipinski definition) is 4. The van der Waals surface area contributed by atoms with E-state index < -0.39 is 12.3 Å². The van der Waals surface area contributed by atoms with E-state index in [9.17, 15) is 9.90 Å². The van der Waals surface area contributed by atoms with E-state index in [4.69, 9.17) is 9.57 Å². The van der Waals surface area contributed by atoms with Gasteiger partial charge in [-0.15, -0.1) is 0 Å². The number of carboxylic acid groups (broad SMARTS) is 1. The Bertz CT molecular complexity index is 498. The minimum atomic E-state index is -1.08. The third kappa shape index (κ3) is 4.61. The van der Waals surface area contributed by atoms with Crippen molar-refractivity contribution in [2.45, 2.75) is 32.0 Å². The Morgan fingerprint density at radius 1 is 1.50 bits per heavy atom. The molecule has 20 heavy (non-hydrogen) atoms. The van der Waals surface area contributed by atoms with E-state index in [0.29, 0.717) is 6.61 Å². The van der Waals surface area contributed by atoms with Gasteiger partial charge in [-0.25, -0.2) is 4.79 Å². The molecule has 1 aromatic carbocycles. The maximum absolute atomic E-state index is 11.2. The van der Waals surface area contributed by atoms with Crippen molar-refractivity contribution < 1.29 is 19.5 Å². The summed E-state index contributed by atoms with van der Waals surface area (Å²) in [5.74, 6) is -1.08. The number of ether oxygens (including phenoxy) is 1. The molecular formula is C14H16BrNO4. The summed E-state index contributed by atoms with van der Waals surface area (Å²) in [6.07, 6.45) is 2.54. The van der Waals surface area contributed by atoms with Crippen LogP contribution in [0.25, 0.3) is 0 Å². The molecule has 2 rings (SSSR count). The number of benzene rings is 1. The third-order valence-corrected chi connectivity index (χ3v) is 3.42. The number of halogens is 1. The Labute approximate surface area is 125 Å². The lowest BCUT2D eigenvalue weighted by molar-refractivity contribution is -0.162. The van der Waals surface area contributed by atoms with Gasteiger partial charge in [0.2, 0.25) is 6.29 Å². The quantitative estimate of drug-likeness (QED) is 0.660. The first-order valence-corrected chi connectivity index (χ1v) is 7.26. The second-order valence-electron chi connectivity index (χ2n) is 4.55. The number of aliphatic carboxylic acids is 1. The predicted octanol–water partition coefficient (Wildman–Crippen LogP) is 2.98. The molecule has 1 aliphatic heterocycles. The first-order chi connectivity index (χ1) is 9.65. The second-order valence-corrected chi connectivity index (χ2v) is 5.47. The average molecular weight is 342 g/mol. The lowest BCUT2D eigenvalue weighted by Crippen LogP contribution is -2.23. The lowest BCUT2D eigenvalue weighted by Gasteiger charge is -2.20. The molecule has 0 bridgehead atoms. The van der Waals surface area contributed by atoms with Crippen LogP contribution in [0.3, 0.4) is 0 Å². The van der Waals surface area contributed by atoms with Crippen molar-refractivity contribution in [2.24, 2.45) is 5.16 Å². The van der Waals surface area contributed by atoms with Crippen molar-refractivity contribution in [3.05, 3.63) is 34.3 Å². The van der Waals surface area contributed by atoms with Gasteiger partial charge in [0, 0.05) is 17.3 Å². The zero-order valence-electron chi connectivity index (χ0n) is 10.9. The van der Waals surface area contributed by atoms with Crippen LogP contribution in [0.2, 0.25) is 0 Å². The van der Waals surface area contributed by atoms with Crippen LogP contribution >= 0.6 is 15.9 Å². The molecule has 0 radical (unpaired) electrons. The highest BCUT2D eigenvalue weighted by atomic mass is 79.9. The molecule has 0 spiro atoms. The molecule has 1 N–H and O–H groups in total. The van der Waals surface area contributed by atoms with Gasteiger partial charge < -0.3 is 14.7 Å². The highest BCUT2D eigenvalue weighted by Crippen LogP contribution is 2.15. The zero-order chi connectivity index (χ0) is 14.4. The molecule has 1 fully saturated rings. The average Bonchev–Trinajstić information content (AvgIpc) is 2.44. The van der Waals surface area contributed by atoms with Gasteiger partial charge in [-0.3, -0.25) is 0 Å². The van der Waals surface area contributed by atoms with E-state index in [1.165, 1.54) is 0 Å². The summed E-state index contributed by atoms with van der Waals surface area (Å²) >= 11 is 3.35. The maximum atomic E-state index is 11.2. The van der Waals surface area contributed by atoms with Crippen molar-refractivity contribution in [3.63, 3.8) is 0 Å². The van der Waals surface area contributed by atoms with Crippen LogP contribution in [0.15, 0.2) is 33.9 Å². The molecule has 1 aromatic rings. The highest BCUT2D eigenvalue weighted by molar-refractivity contribution is 9.10. The molecule has 0 amide bonds. The molecule has 0 saturated carbocycles. The summed E-state index contributed by atoms with van der Waals surface area (Å²) in [6.45, 7) is 0.633. The molecule has 5 nitrogen and oxygen atoms in total. The number of oxime groups is 1. The van der Waals surface area contributed by atoms with E-state index in [-0.39, 0.29) is 12.1 Å². The van der Waals surface area contributed by atoms with Gasteiger partial charge >= 0.3 is 5.97 Å². The Hall–Kier alpha value is -1.40. The zero-order valence-corrected chi connectivity index (χ0v) is 12.5. The van der Waals surface area contributed by atoms with Crippen molar-refractivity contribution >= 4 is 27.6 Å². The minimum Gasteiger partial charge on any atom is -0.477 e. The van der Waals surface area contributed by atoms with Crippen LogP contribution in [0.1, 0.15) is 24.8 Å². The van der Waals surface area contributed by atoms with Crippen LogP contribution in [-0.4, -0.2) is 29.7 Å². The van der Waals surface area contributed by atoms with Crippen molar-refractivity contribution in [1.29, 1.82) is 0 Å². The van der Waals surface area contributed by atoms with Gasteiger partial charge in [-0.05, 0) is 30.5 Å². The normalized spacial score (nSPS) is 19.6. The molecule has 0 aromatic heterocycles. The Kier molecular flexibility index (Phi) is 5.55. The summed E-state index contributed by atoms with van der Waals surface area (Å²) in [5.41, 5.74) is 0.825. The monoisotopic (exact) mass is 341 g/mol. The van der Waals surface area contributed by atoms with Crippen molar-refractivity contribution in [2.75, 3.05) is 6.61 Å². The van der Waals surface area contributed by atoms with Crippen LogP contribution in [-0.2, 0) is 20.8 Å². The van der Waals surface area contributed by atoms with Gasteiger partial charge in [-0.1, -0.05) is 33.2 Å². The van der Waals surface area contributed by atoms with E-state index in [2.05, 4.69) is 21.1 Å². The van der Waals surface area contributed by atoms with Gasteiger partial charge in [0.05, 0.1) is 6.61 Å². The molecule has 0 aliphatic carbocycles. The fourth-order valence-corrected chi connectivity index (χ4v) is 2.35. The van der Waals surface area contributed by atoms with Gasteiger partial charge in [0.15, 0.2) is 5.71 Å². The number of carboxylic acids is 1. The third-order valence-electron chi connectivity index (χ3n) is 2.93. The summed E-state index contributed by atoms with van der Waals surface area (Å²) in [7, 11) is 0. The summed E-state index contributed by atoms with van der Waals surface area (Å²) in [5, 5.41) is 12.9. The first-order valence-electron chi connectivity index (χ1n) is 6.47. The number of nitrogens with zero attached hydrogens (tertiary/aromatic N) is 1. The van der Waals surface area contributed by atoms with E-state index in [1.54, 1.807) is 0 Å². The number of rotatable bonds is 5. The number of hydrogen-bond donors (Lipinski definition) is 1. The molecule has 1 heterocycles. The fourth-order valence-electron chi connectivity index (χ4n) is 1.90. The van der Waals surface area contributed by atoms with Crippen LogP contribution < -0.4 is 0 Å². The summed E-state index contributed by atoms with van der Waals surface area (Å²) in [6, 6.07) is 7.44.